The van der Waals surface area contributed by atoms with Crippen LogP contribution in [-0.2, 0) is 15.4 Å². The van der Waals surface area contributed by atoms with Crippen LogP contribution >= 0.6 is 11.6 Å². The number of rotatable bonds is 5. The third-order valence-electron chi connectivity index (χ3n) is 4.15. The van der Waals surface area contributed by atoms with Gasteiger partial charge in [-0.1, -0.05) is 44.5 Å². The highest BCUT2D eigenvalue weighted by molar-refractivity contribution is 7.92. The molecule has 0 aliphatic rings. The molecule has 29 heavy (non-hydrogen) atoms. The first-order valence-electron chi connectivity index (χ1n) is 8.54. The number of carboxylic acids is 1. The molecule has 152 valence electrons. The summed E-state index contributed by atoms with van der Waals surface area (Å²) in [4.78, 5) is 15.3. The van der Waals surface area contributed by atoms with E-state index in [1.807, 2.05) is 20.8 Å². The molecule has 0 fully saturated rings. The van der Waals surface area contributed by atoms with Gasteiger partial charge in [-0.25, -0.2) is 22.9 Å². The lowest BCUT2D eigenvalue weighted by Gasteiger charge is -2.19. The summed E-state index contributed by atoms with van der Waals surface area (Å²) < 4.78 is 29.4. The molecule has 0 saturated carbocycles. The van der Waals surface area contributed by atoms with Crippen LogP contribution in [0.3, 0.4) is 0 Å². The monoisotopic (exact) mass is 434 g/mol. The molecule has 2 heterocycles. The van der Waals surface area contributed by atoms with Gasteiger partial charge in [0.05, 0.1) is 27.4 Å². The Hall–Kier alpha value is -2.91. The Morgan fingerprint density at radius 2 is 1.83 bits per heavy atom. The second-order valence-corrected chi connectivity index (χ2v) is 9.50. The van der Waals surface area contributed by atoms with Crippen LogP contribution in [-0.4, -0.2) is 34.3 Å². The zero-order valence-electron chi connectivity index (χ0n) is 15.9. The molecule has 8 nitrogen and oxygen atoms in total. The van der Waals surface area contributed by atoms with Crippen LogP contribution in [0, 0.1) is 0 Å². The summed E-state index contributed by atoms with van der Waals surface area (Å²) >= 11 is 5.98. The van der Waals surface area contributed by atoms with E-state index < -0.39 is 16.0 Å². The molecule has 3 rings (SSSR count). The van der Waals surface area contributed by atoms with Gasteiger partial charge >= 0.3 is 5.97 Å². The summed E-state index contributed by atoms with van der Waals surface area (Å²) in [5.41, 5.74) is 0.895. The second-order valence-electron chi connectivity index (χ2n) is 7.38. The molecule has 0 aliphatic heterocycles. The Kier molecular flexibility index (Phi) is 5.38. The smallest absolute Gasteiger partial charge is 0.338 e. The topological polar surface area (TPSA) is 114 Å². The van der Waals surface area contributed by atoms with Gasteiger partial charge in [-0.15, -0.1) is 0 Å². The molecule has 0 bridgehead atoms. The predicted molar refractivity (Wildman–Crippen MR) is 109 cm³/mol. The van der Waals surface area contributed by atoms with E-state index in [1.165, 1.54) is 35.3 Å². The Bertz CT molecular complexity index is 1170. The van der Waals surface area contributed by atoms with Crippen LogP contribution in [0.2, 0.25) is 5.02 Å². The van der Waals surface area contributed by atoms with Crippen molar-refractivity contribution >= 4 is 33.3 Å². The molecule has 0 radical (unpaired) electrons. The first kappa shape index (κ1) is 20.8. The molecule has 2 aromatic heterocycles. The Balaban J connectivity index is 1.98. The summed E-state index contributed by atoms with van der Waals surface area (Å²) in [7, 11) is -3.94. The number of benzene rings is 1. The van der Waals surface area contributed by atoms with Crippen LogP contribution in [0.5, 0.6) is 0 Å². The van der Waals surface area contributed by atoms with E-state index in [0.29, 0.717) is 0 Å². The van der Waals surface area contributed by atoms with Crippen molar-refractivity contribution in [3.63, 3.8) is 0 Å². The van der Waals surface area contributed by atoms with Gasteiger partial charge in [-0.05, 0) is 29.2 Å². The van der Waals surface area contributed by atoms with Crippen LogP contribution in [0.1, 0.15) is 36.7 Å². The van der Waals surface area contributed by atoms with Gasteiger partial charge < -0.3 is 5.11 Å². The quantitative estimate of drug-likeness (QED) is 0.632. The maximum atomic E-state index is 12.9. The van der Waals surface area contributed by atoms with Crippen molar-refractivity contribution in [1.29, 1.82) is 0 Å². The summed E-state index contributed by atoms with van der Waals surface area (Å²) in [5, 5.41) is 13.2. The number of hydrogen-bond acceptors (Lipinski definition) is 5. The minimum Gasteiger partial charge on any atom is -0.478 e. The van der Waals surface area contributed by atoms with Crippen molar-refractivity contribution in [2.24, 2.45) is 0 Å². The zero-order chi connectivity index (χ0) is 21.4. The molecular weight excluding hydrogens is 416 g/mol. The molecule has 0 spiro atoms. The Labute approximate surface area is 173 Å². The SMILES string of the molecule is CC(C)(C)c1ccc(S(=O)(=O)Nc2cc(Cl)cnc2-n2cc(C(=O)O)cn2)cc1. The van der Waals surface area contributed by atoms with E-state index in [-0.39, 0.29) is 32.4 Å². The van der Waals surface area contributed by atoms with Crippen molar-refractivity contribution in [1.82, 2.24) is 14.8 Å². The fraction of sp³-hybridized carbons (Fsp3) is 0.211. The van der Waals surface area contributed by atoms with Gasteiger partial charge in [0.2, 0.25) is 0 Å². The lowest BCUT2D eigenvalue weighted by atomic mass is 9.87. The lowest BCUT2D eigenvalue weighted by molar-refractivity contribution is 0.0697. The fourth-order valence-electron chi connectivity index (χ4n) is 2.58. The Morgan fingerprint density at radius 1 is 1.17 bits per heavy atom. The predicted octanol–water partition coefficient (Wildman–Crippen LogP) is 3.72. The summed E-state index contributed by atoms with van der Waals surface area (Å²) in [6, 6.07) is 7.96. The number of aromatic nitrogens is 3. The number of carbonyl (C=O) groups is 1. The number of aromatic carboxylic acids is 1. The van der Waals surface area contributed by atoms with Gasteiger partial charge in [-0.2, -0.15) is 5.10 Å². The molecule has 0 saturated heterocycles. The fourth-order valence-corrected chi connectivity index (χ4v) is 3.79. The highest BCUT2D eigenvalue weighted by Crippen LogP contribution is 2.27. The van der Waals surface area contributed by atoms with Gasteiger partial charge in [0.1, 0.15) is 0 Å². The molecular formula is C19H19ClN4O4S. The van der Waals surface area contributed by atoms with E-state index >= 15 is 0 Å². The van der Waals surface area contributed by atoms with E-state index in [4.69, 9.17) is 16.7 Å². The van der Waals surface area contributed by atoms with Crippen molar-refractivity contribution in [2.75, 3.05) is 4.72 Å². The normalized spacial score (nSPS) is 12.0. The zero-order valence-corrected chi connectivity index (χ0v) is 17.5. The van der Waals surface area contributed by atoms with Crippen LogP contribution in [0.15, 0.2) is 53.8 Å². The standard InChI is InChI=1S/C19H19ClN4O4S/c1-19(2,3)13-4-6-15(7-5-13)29(27,28)23-16-8-14(20)10-21-17(16)24-11-12(9-22-24)18(25)26/h4-11,23H,1-3H3,(H,25,26). The average Bonchev–Trinajstić information content (AvgIpc) is 3.11. The van der Waals surface area contributed by atoms with Crippen molar-refractivity contribution in [3.8, 4) is 5.82 Å². The van der Waals surface area contributed by atoms with Crippen LogP contribution in [0.4, 0.5) is 5.69 Å². The van der Waals surface area contributed by atoms with Gasteiger partial charge in [0.25, 0.3) is 10.0 Å². The van der Waals surface area contributed by atoms with E-state index in [0.717, 1.165) is 11.8 Å². The molecule has 0 aliphatic carbocycles. The largest absolute Gasteiger partial charge is 0.478 e. The van der Waals surface area contributed by atoms with E-state index in [1.54, 1.807) is 12.1 Å². The highest BCUT2D eigenvalue weighted by atomic mass is 35.5. The minimum absolute atomic E-state index is 0.0617. The molecule has 10 heteroatoms. The highest BCUT2D eigenvalue weighted by Gasteiger charge is 2.20. The molecule has 0 unspecified atom stereocenters. The molecule has 0 atom stereocenters. The second kappa shape index (κ2) is 7.49. The molecule has 1 aromatic carbocycles. The van der Waals surface area contributed by atoms with E-state index in [2.05, 4.69) is 14.8 Å². The summed E-state index contributed by atoms with van der Waals surface area (Å²) in [6.07, 6.45) is 3.69. The number of nitrogens with zero attached hydrogens (tertiary/aromatic N) is 3. The maximum Gasteiger partial charge on any atom is 0.338 e. The minimum atomic E-state index is -3.94. The number of carboxylic acid groups (broad SMARTS) is 1. The van der Waals surface area contributed by atoms with Gasteiger partial charge in [-0.3, -0.25) is 4.72 Å². The molecule has 0 amide bonds. The van der Waals surface area contributed by atoms with Crippen molar-refractivity contribution in [2.45, 2.75) is 31.1 Å². The molecule has 2 N–H and O–H groups in total. The lowest BCUT2D eigenvalue weighted by Crippen LogP contribution is -2.16. The Morgan fingerprint density at radius 3 is 2.38 bits per heavy atom. The first-order valence-corrected chi connectivity index (χ1v) is 10.4. The van der Waals surface area contributed by atoms with Gasteiger partial charge in [0, 0.05) is 12.4 Å². The van der Waals surface area contributed by atoms with E-state index in [9.17, 15) is 13.2 Å². The van der Waals surface area contributed by atoms with Crippen LogP contribution in [0.25, 0.3) is 5.82 Å². The molecule has 3 aromatic rings. The number of halogens is 1. The van der Waals surface area contributed by atoms with Crippen LogP contribution < -0.4 is 4.72 Å². The first-order chi connectivity index (χ1) is 13.5. The average molecular weight is 435 g/mol. The number of sulfonamides is 1. The number of anilines is 1. The van der Waals surface area contributed by atoms with Gasteiger partial charge in [0.15, 0.2) is 5.82 Å². The van der Waals surface area contributed by atoms with Crippen molar-refractivity contribution in [3.05, 3.63) is 65.1 Å². The van der Waals surface area contributed by atoms with Crippen molar-refractivity contribution < 1.29 is 18.3 Å². The third kappa shape index (κ3) is 4.57. The number of pyridine rings is 1. The third-order valence-corrected chi connectivity index (χ3v) is 5.74. The maximum absolute atomic E-state index is 12.9. The number of hydrogen-bond donors (Lipinski definition) is 2. The summed E-state index contributed by atoms with van der Waals surface area (Å²) in [5.74, 6) is -1.07. The number of nitrogens with one attached hydrogen (secondary N) is 1. The summed E-state index contributed by atoms with van der Waals surface area (Å²) in [6.45, 7) is 6.11.